The Morgan fingerprint density at radius 3 is 2.50 bits per heavy atom. The predicted molar refractivity (Wildman–Crippen MR) is 101 cm³/mol. The highest BCUT2D eigenvalue weighted by Gasteiger charge is 2.37. The van der Waals surface area contributed by atoms with Crippen molar-refractivity contribution in [3.8, 4) is 0 Å². The van der Waals surface area contributed by atoms with E-state index in [4.69, 9.17) is 0 Å². The van der Waals surface area contributed by atoms with Crippen LogP contribution in [0.25, 0.3) is 0 Å². The summed E-state index contributed by atoms with van der Waals surface area (Å²) in [6.45, 7) is 1.37. The molecule has 0 saturated carbocycles. The number of amides is 3. The van der Waals surface area contributed by atoms with E-state index in [9.17, 15) is 24.5 Å². The molecule has 2 aromatic rings. The van der Waals surface area contributed by atoms with Crippen molar-refractivity contribution in [2.75, 3.05) is 11.9 Å². The van der Waals surface area contributed by atoms with E-state index in [0.717, 1.165) is 26.2 Å². The van der Waals surface area contributed by atoms with Crippen LogP contribution in [0.15, 0.2) is 36.4 Å². The van der Waals surface area contributed by atoms with Gasteiger partial charge in [-0.05, 0) is 59.3 Å². The summed E-state index contributed by atoms with van der Waals surface area (Å²) >= 11 is 2.15. The van der Waals surface area contributed by atoms with E-state index >= 15 is 0 Å². The van der Waals surface area contributed by atoms with E-state index in [-0.39, 0.29) is 16.8 Å². The molecule has 3 amide bonds. The van der Waals surface area contributed by atoms with Crippen LogP contribution >= 0.6 is 22.6 Å². The lowest BCUT2D eigenvalue weighted by Gasteiger charge is -2.14. The fourth-order valence-electron chi connectivity index (χ4n) is 2.64. The Morgan fingerprint density at radius 1 is 1.15 bits per heavy atom. The van der Waals surface area contributed by atoms with E-state index in [0.29, 0.717) is 5.69 Å². The first-order valence-corrected chi connectivity index (χ1v) is 8.56. The van der Waals surface area contributed by atoms with Gasteiger partial charge in [-0.1, -0.05) is 0 Å². The molecule has 0 bridgehead atoms. The van der Waals surface area contributed by atoms with Crippen molar-refractivity contribution in [3.05, 3.63) is 66.8 Å². The third-order valence-corrected chi connectivity index (χ3v) is 4.60. The first kappa shape index (κ1) is 18.0. The molecule has 1 aliphatic rings. The molecule has 8 nitrogen and oxygen atoms in total. The molecule has 0 aliphatic carbocycles. The van der Waals surface area contributed by atoms with Crippen LogP contribution in [0.3, 0.4) is 0 Å². The second-order valence-corrected chi connectivity index (χ2v) is 6.94. The van der Waals surface area contributed by atoms with Gasteiger partial charge in [0.15, 0.2) is 0 Å². The number of aryl methyl sites for hydroxylation is 1. The summed E-state index contributed by atoms with van der Waals surface area (Å²) in [6, 6.07) is 8.89. The van der Waals surface area contributed by atoms with Crippen LogP contribution in [0.5, 0.6) is 0 Å². The van der Waals surface area contributed by atoms with Crippen LogP contribution < -0.4 is 5.32 Å². The number of hydrogen-bond acceptors (Lipinski definition) is 5. The summed E-state index contributed by atoms with van der Waals surface area (Å²) in [5.41, 5.74) is 1.14. The molecule has 1 heterocycles. The van der Waals surface area contributed by atoms with Gasteiger partial charge >= 0.3 is 0 Å². The highest BCUT2D eigenvalue weighted by atomic mass is 127. The van der Waals surface area contributed by atoms with Gasteiger partial charge in [-0.3, -0.25) is 29.4 Å². The number of hydrogen-bond donors (Lipinski definition) is 1. The summed E-state index contributed by atoms with van der Waals surface area (Å²) in [5.74, 6) is -1.89. The molecule has 26 heavy (non-hydrogen) atoms. The third-order valence-electron chi connectivity index (χ3n) is 3.93. The van der Waals surface area contributed by atoms with Gasteiger partial charge in [0.1, 0.15) is 6.54 Å². The highest BCUT2D eigenvalue weighted by molar-refractivity contribution is 14.1. The maximum atomic E-state index is 12.4. The number of carbonyl (C=O) groups excluding carboxylic acids is 3. The molecule has 0 radical (unpaired) electrons. The number of carbonyl (C=O) groups is 3. The number of nitrogens with zero attached hydrogens (tertiary/aromatic N) is 2. The second kappa shape index (κ2) is 6.83. The minimum absolute atomic E-state index is 0.0545. The molecule has 0 fully saturated rings. The molecule has 0 spiro atoms. The average Bonchev–Trinajstić information content (AvgIpc) is 2.82. The van der Waals surface area contributed by atoms with Gasteiger partial charge in [0, 0.05) is 21.4 Å². The summed E-state index contributed by atoms with van der Waals surface area (Å²) in [6.07, 6.45) is 0. The average molecular weight is 465 g/mol. The monoisotopic (exact) mass is 465 g/mol. The summed E-state index contributed by atoms with van der Waals surface area (Å²) in [4.78, 5) is 48.0. The van der Waals surface area contributed by atoms with Gasteiger partial charge < -0.3 is 5.32 Å². The Morgan fingerprint density at radius 2 is 1.85 bits per heavy atom. The molecular formula is C17H12IN3O5. The molecule has 0 saturated heterocycles. The van der Waals surface area contributed by atoms with Gasteiger partial charge in [-0.15, -0.1) is 0 Å². The fraction of sp³-hybridized carbons (Fsp3) is 0.118. The maximum Gasteiger partial charge on any atom is 0.270 e. The van der Waals surface area contributed by atoms with Crippen LogP contribution in [0, 0.1) is 20.6 Å². The Kier molecular flexibility index (Phi) is 4.72. The van der Waals surface area contributed by atoms with E-state index in [1.54, 1.807) is 6.07 Å². The Bertz CT molecular complexity index is 973. The molecule has 0 atom stereocenters. The van der Waals surface area contributed by atoms with Crippen LogP contribution in [0.1, 0.15) is 26.3 Å². The normalized spacial score (nSPS) is 12.9. The lowest BCUT2D eigenvalue weighted by molar-refractivity contribution is -0.384. The maximum absolute atomic E-state index is 12.4. The standard InChI is InChI=1S/C17H12IN3O5/c1-9-6-10(18)2-5-14(9)19-15(22)8-20-16(23)12-4-3-11(21(25)26)7-13(12)17(20)24/h2-7H,8H2,1H3,(H,19,22). The number of non-ortho nitro benzene ring substituents is 1. The Hall–Kier alpha value is -2.82. The number of benzene rings is 2. The quantitative estimate of drug-likeness (QED) is 0.323. The molecule has 1 N–H and O–H groups in total. The van der Waals surface area contributed by atoms with Crippen molar-refractivity contribution in [1.82, 2.24) is 4.90 Å². The number of nitro benzene ring substituents is 1. The number of nitrogens with one attached hydrogen (secondary N) is 1. The largest absolute Gasteiger partial charge is 0.324 e. The van der Waals surface area contributed by atoms with Crippen molar-refractivity contribution < 1.29 is 19.3 Å². The third kappa shape index (κ3) is 3.29. The zero-order valence-electron chi connectivity index (χ0n) is 13.5. The van der Waals surface area contributed by atoms with E-state index in [1.807, 2.05) is 19.1 Å². The SMILES string of the molecule is Cc1cc(I)ccc1NC(=O)CN1C(=O)c2ccc([N+](=O)[O-])cc2C1=O. The van der Waals surface area contributed by atoms with E-state index < -0.39 is 29.2 Å². The smallest absolute Gasteiger partial charge is 0.270 e. The lowest BCUT2D eigenvalue weighted by Crippen LogP contribution is -2.37. The van der Waals surface area contributed by atoms with E-state index in [2.05, 4.69) is 27.9 Å². The van der Waals surface area contributed by atoms with Crippen molar-refractivity contribution in [2.45, 2.75) is 6.92 Å². The molecule has 3 rings (SSSR count). The fourth-order valence-corrected chi connectivity index (χ4v) is 3.28. The summed E-state index contributed by atoms with van der Waals surface area (Å²) in [5, 5.41) is 13.5. The van der Waals surface area contributed by atoms with Gasteiger partial charge in [-0.2, -0.15) is 0 Å². The van der Waals surface area contributed by atoms with Gasteiger partial charge in [-0.25, -0.2) is 0 Å². The molecule has 2 aromatic carbocycles. The number of fused-ring (bicyclic) bond motifs is 1. The summed E-state index contributed by atoms with van der Waals surface area (Å²) < 4.78 is 1.01. The van der Waals surface area contributed by atoms with Gasteiger partial charge in [0.25, 0.3) is 17.5 Å². The number of halogens is 1. The lowest BCUT2D eigenvalue weighted by atomic mass is 10.1. The number of nitro groups is 1. The molecule has 0 aromatic heterocycles. The minimum atomic E-state index is -0.719. The van der Waals surface area contributed by atoms with Gasteiger partial charge in [0.05, 0.1) is 16.1 Å². The second-order valence-electron chi connectivity index (χ2n) is 5.69. The predicted octanol–water partition coefficient (Wildman–Crippen LogP) is 2.74. The number of imide groups is 1. The van der Waals surface area contributed by atoms with Crippen molar-refractivity contribution >= 4 is 51.7 Å². The zero-order valence-corrected chi connectivity index (χ0v) is 15.6. The van der Waals surface area contributed by atoms with Crippen molar-refractivity contribution in [1.29, 1.82) is 0 Å². The molecular weight excluding hydrogens is 453 g/mol. The summed E-state index contributed by atoms with van der Waals surface area (Å²) in [7, 11) is 0. The van der Waals surface area contributed by atoms with E-state index in [1.165, 1.54) is 6.07 Å². The highest BCUT2D eigenvalue weighted by Crippen LogP contribution is 2.27. The Balaban J connectivity index is 1.78. The number of rotatable bonds is 4. The molecule has 132 valence electrons. The molecule has 0 unspecified atom stereocenters. The van der Waals surface area contributed by atoms with Gasteiger partial charge in [0.2, 0.25) is 5.91 Å². The van der Waals surface area contributed by atoms with Crippen molar-refractivity contribution in [3.63, 3.8) is 0 Å². The van der Waals surface area contributed by atoms with Crippen LogP contribution in [0.2, 0.25) is 0 Å². The van der Waals surface area contributed by atoms with Crippen LogP contribution in [-0.4, -0.2) is 34.1 Å². The Labute approximate surface area is 161 Å². The number of anilines is 1. The molecule has 1 aliphatic heterocycles. The molecule has 9 heteroatoms. The minimum Gasteiger partial charge on any atom is -0.324 e. The zero-order chi connectivity index (χ0) is 19.0. The topological polar surface area (TPSA) is 110 Å². The first-order valence-electron chi connectivity index (χ1n) is 7.48. The van der Waals surface area contributed by atoms with Crippen LogP contribution in [0.4, 0.5) is 11.4 Å². The van der Waals surface area contributed by atoms with Crippen LogP contribution in [-0.2, 0) is 4.79 Å². The van der Waals surface area contributed by atoms with Crippen molar-refractivity contribution in [2.24, 2.45) is 0 Å². The first-order chi connectivity index (χ1) is 12.3.